The van der Waals surface area contributed by atoms with Crippen LogP contribution in [0.5, 0.6) is 0 Å². The smallest absolute Gasteiger partial charge is 0.251 e. The molecule has 1 atom stereocenters. The van der Waals surface area contributed by atoms with Gasteiger partial charge < -0.3 is 15.5 Å². The van der Waals surface area contributed by atoms with Gasteiger partial charge in [-0.2, -0.15) is 0 Å². The van der Waals surface area contributed by atoms with Crippen LogP contribution in [0.1, 0.15) is 22.3 Å². The van der Waals surface area contributed by atoms with Crippen LogP contribution in [-0.2, 0) is 11.2 Å². The molecule has 0 aliphatic carbocycles. The molecule has 6 heteroatoms. The molecule has 5 nitrogen and oxygen atoms in total. The highest BCUT2D eigenvalue weighted by molar-refractivity contribution is 9.10. The van der Waals surface area contributed by atoms with Crippen molar-refractivity contribution in [2.24, 2.45) is 0 Å². The Morgan fingerprint density at radius 3 is 2.30 bits per heavy atom. The summed E-state index contributed by atoms with van der Waals surface area (Å²) in [5.74, 6) is -0.239. The molecule has 27 heavy (non-hydrogen) atoms. The number of nitrogens with zero attached hydrogens (tertiary/aromatic N) is 1. The Hall–Kier alpha value is -2.18. The summed E-state index contributed by atoms with van der Waals surface area (Å²) >= 11 is 3.34. The van der Waals surface area contributed by atoms with Gasteiger partial charge in [0.1, 0.15) is 0 Å². The zero-order valence-electron chi connectivity index (χ0n) is 15.7. The maximum absolute atomic E-state index is 12.1. The zero-order valence-corrected chi connectivity index (χ0v) is 17.3. The van der Waals surface area contributed by atoms with Crippen LogP contribution in [0.3, 0.4) is 0 Å². The molecule has 0 saturated carbocycles. The van der Waals surface area contributed by atoms with Crippen molar-refractivity contribution in [1.82, 2.24) is 15.5 Å². The van der Waals surface area contributed by atoms with Gasteiger partial charge in [-0.3, -0.25) is 9.59 Å². The number of rotatable bonds is 9. The van der Waals surface area contributed by atoms with Crippen LogP contribution in [-0.4, -0.2) is 49.9 Å². The van der Waals surface area contributed by atoms with Crippen LogP contribution in [0.2, 0.25) is 0 Å². The first-order valence-electron chi connectivity index (χ1n) is 8.96. The molecule has 2 amide bonds. The molecule has 2 rings (SSSR count). The van der Waals surface area contributed by atoms with Crippen molar-refractivity contribution in [1.29, 1.82) is 0 Å². The fourth-order valence-electron chi connectivity index (χ4n) is 2.64. The predicted octanol–water partition coefficient (Wildman–Crippen LogP) is 2.86. The highest BCUT2D eigenvalue weighted by Gasteiger charge is 2.14. The summed E-state index contributed by atoms with van der Waals surface area (Å²) in [6.45, 7) is 0.882. The Kier molecular flexibility index (Phi) is 8.48. The number of nitrogens with one attached hydrogen (secondary N) is 2. The van der Waals surface area contributed by atoms with Crippen molar-refractivity contribution in [2.45, 2.75) is 18.9 Å². The van der Waals surface area contributed by atoms with Crippen LogP contribution in [0.25, 0.3) is 0 Å². The van der Waals surface area contributed by atoms with E-state index >= 15 is 0 Å². The van der Waals surface area contributed by atoms with Gasteiger partial charge in [-0.15, -0.1) is 0 Å². The van der Waals surface area contributed by atoms with Crippen LogP contribution in [0.15, 0.2) is 59.1 Å². The lowest BCUT2D eigenvalue weighted by Crippen LogP contribution is -2.42. The Labute approximate surface area is 169 Å². The van der Waals surface area contributed by atoms with E-state index in [0.717, 1.165) is 10.9 Å². The van der Waals surface area contributed by atoms with E-state index in [1.165, 1.54) is 5.56 Å². The van der Waals surface area contributed by atoms with Crippen LogP contribution < -0.4 is 10.6 Å². The van der Waals surface area contributed by atoms with Crippen LogP contribution in [0, 0.1) is 0 Å². The summed E-state index contributed by atoms with van der Waals surface area (Å²) in [5.41, 5.74) is 1.82. The van der Waals surface area contributed by atoms with Gasteiger partial charge in [-0.1, -0.05) is 46.3 Å². The standard InChI is InChI=1S/C21H26BrN3O2/c1-25(2)19(14-16-6-4-3-5-7-16)15-24-20(26)12-13-23-21(27)17-8-10-18(22)11-9-17/h3-11,19H,12-15H2,1-2H3,(H,23,27)(H,24,26). The number of amides is 2. The number of carbonyl (C=O) groups is 2. The monoisotopic (exact) mass is 431 g/mol. The van der Waals surface area contributed by atoms with E-state index in [4.69, 9.17) is 0 Å². The maximum Gasteiger partial charge on any atom is 0.251 e. The van der Waals surface area contributed by atoms with Crippen molar-refractivity contribution in [3.8, 4) is 0 Å². The molecule has 2 aromatic carbocycles. The molecular weight excluding hydrogens is 406 g/mol. The van der Waals surface area contributed by atoms with Crippen LogP contribution in [0.4, 0.5) is 0 Å². The minimum atomic E-state index is -0.175. The van der Waals surface area contributed by atoms with Gasteiger partial charge in [0.25, 0.3) is 5.91 Å². The molecule has 144 valence electrons. The average Bonchev–Trinajstić information content (AvgIpc) is 2.66. The van der Waals surface area contributed by atoms with E-state index in [-0.39, 0.29) is 24.3 Å². The molecular formula is C21H26BrN3O2. The lowest BCUT2D eigenvalue weighted by Gasteiger charge is -2.24. The Morgan fingerprint density at radius 2 is 1.67 bits per heavy atom. The second-order valence-corrected chi connectivity index (χ2v) is 7.54. The number of benzene rings is 2. The summed E-state index contributed by atoms with van der Waals surface area (Å²) in [7, 11) is 4.02. The lowest BCUT2D eigenvalue weighted by atomic mass is 10.1. The highest BCUT2D eigenvalue weighted by Crippen LogP contribution is 2.10. The van der Waals surface area contributed by atoms with Crippen molar-refractivity contribution >= 4 is 27.7 Å². The van der Waals surface area contributed by atoms with Crippen molar-refractivity contribution in [3.05, 3.63) is 70.2 Å². The van der Waals surface area contributed by atoms with Gasteiger partial charge >= 0.3 is 0 Å². The number of carbonyl (C=O) groups excluding carboxylic acids is 2. The Bertz CT molecular complexity index is 733. The van der Waals surface area contributed by atoms with Gasteiger partial charge in [-0.05, 0) is 50.3 Å². The molecule has 0 saturated heterocycles. The molecule has 0 aliphatic rings. The molecule has 0 aliphatic heterocycles. The first kappa shape index (κ1) is 21.1. The van der Waals surface area contributed by atoms with E-state index in [0.29, 0.717) is 18.7 Å². The summed E-state index contributed by atoms with van der Waals surface area (Å²) in [6.07, 6.45) is 1.13. The average molecular weight is 432 g/mol. The van der Waals surface area contributed by atoms with E-state index in [9.17, 15) is 9.59 Å². The minimum absolute atomic E-state index is 0.0639. The second-order valence-electron chi connectivity index (χ2n) is 6.62. The number of halogens is 1. The summed E-state index contributed by atoms with van der Waals surface area (Å²) in [6, 6.07) is 17.6. The number of hydrogen-bond acceptors (Lipinski definition) is 3. The lowest BCUT2D eigenvalue weighted by molar-refractivity contribution is -0.121. The first-order valence-corrected chi connectivity index (χ1v) is 9.76. The molecule has 1 unspecified atom stereocenters. The Balaban J connectivity index is 1.72. The van der Waals surface area contributed by atoms with Crippen molar-refractivity contribution in [3.63, 3.8) is 0 Å². The van der Waals surface area contributed by atoms with Crippen molar-refractivity contribution in [2.75, 3.05) is 27.2 Å². The molecule has 0 radical (unpaired) electrons. The third kappa shape index (κ3) is 7.53. The number of likely N-dealkylation sites (N-methyl/N-ethyl adjacent to an activating group) is 1. The van der Waals surface area contributed by atoms with Gasteiger partial charge in [-0.25, -0.2) is 0 Å². The summed E-state index contributed by atoms with van der Waals surface area (Å²) < 4.78 is 0.921. The summed E-state index contributed by atoms with van der Waals surface area (Å²) in [4.78, 5) is 26.2. The molecule has 0 aromatic heterocycles. The number of hydrogen-bond donors (Lipinski definition) is 2. The molecule has 2 aromatic rings. The predicted molar refractivity (Wildman–Crippen MR) is 112 cm³/mol. The van der Waals surface area contributed by atoms with E-state index < -0.39 is 0 Å². The molecule has 2 N–H and O–H groups in total. The third-order valence-electron chi connectivity index (χ3n) is 4.32. The second kappa shape index (κ2) is 10.8. The minimum Gasteiger partial charge on any atom is -0.354 e. The molecule has 0 fully saturated rings. The van der Waals surface area contributed by atoms with Gasteiger partial charge in [0.05, 0.1) is 0 Å². The van der Waals surface area contributed by atoms with Gasteiger partial charge in [0.2, 0.25) is 5.91 Å². The Morgan fingerprint density at radius 1 is 1.00 bits per heavy atom. The third-order valence-corrected chi connectivity index (χ3v) is 4.85. The van der Waals surface area contributed by atoms with E-state index in [2.05, 4.69) is 43.6 Å². The van der Waals surface area contributed by atoms with Crippen molar-refractivity contribution < 1.29 is 9.59 Å². The first-order chi connectivity index (χ1) is 13.0. The molecule has 0 heterocycles. The van der Waals surface area contributed by atoms with Crippen LogP contribution >= 0.6 is 15.9 Å². The zero-order chi connectivity index (χ0) is 19.6. The molecule has 0 spiro atoms. The van der Waals surface area contributed by atoms with E-state index in [1.807, 2.05) is 44.4 Å². The normalized spacial score (nSPS) is 11.9. The largest absolute Gasteiger partial charge is 0.354 e. The quantitative estimate of drug-likeness (QED) is 0.641. The summed E-state index contributed by atoms with van der Waals surface area (Å²) in [5, 5.41) is 5.74. The molecule has 0 bridgehead atoms. The fourth-order valence-corrected chi connectivity index (χ4v) is 2.90. The van der Waals surface area contributed by atoms with E-state index in [1.54, 1.807) is 12.1 Å². The van der Waals surface area contributed by atoms with Gasteiger partial charge in [0.15, 0.2) is 0 Å². The fraction of sp³-hybridized carbons (Fsp3) is 0.333. The highest BCUT2D eigenvalue weighted by atomic mass is 79.9. The van der Waals surface area contributed by atoms with Gasteiger partial charge in [0, 0.05) is 35.6 Å². The SMILES string of the molecule is CN(C)C(CNC(=O)CCNC(=O)c1ccc(Br)cc1)Cc1ccccc1. The topological polar surface area (TPSA) is 61.4 Å². The maximum atomic E-state index is 12.1.